The predicted octanol–water partition coefficient (Wildman–Crippen LogP) is 5.74. The maximum Gasteiger partial charge on any atom is 0.119 e. The molecule has 2 N–H and O–H groups in total. The first-order valence-corrected chi connectivity index (χ1v) is 9.86. The second-order valence-electron chi connectivity index (χ2n) is 6.50. The van der Waals surface area contributed by atoms with Crippen LogP contribution in [0.1, 0.15) is 29.7 Å². The number of rotatable bonds is 8. The Morgan fingerprint density at radius 3 is 1.82 bits per heavy atom. The van der Waals surface area contributed by atoms with E-state index >= 15 is 0 Å². The third-order valence-corrected chi connectivity index (χ3v) is 5.19. The van der Waals surface area contributed by atoms with Gasteiger partial charge < -0.3 is 19.9 Å². The fourth-order valence-corrected chi connectivity index (χ4v) is 3.31. The van der Waals surface area contributed by atoms with E-state index in [1.165, 1.54) is 0 Å². The zero-order valence-electron chi connectivity index (χ0n) is 15.9. The van der Waals surface area contributed by atoms with Crippen molar-refractivity contribution in [2.45, 2.75) is 18.6 Å². The fraction of sp³-hybridized carbons (Fsp3) is 0.217. The lowest BCUT2D eigenvalue weighted by atomic mass is 9.96. The Morgan fingerprint density at radius 2 is 1.29 bits per heavy atom. The molecule has 2 atom stereocenters. The summed E-state index contributed by atoms with van der Waals surface area (Å²) in [4.78, 5) is 0. The molecule has 0 amide bonds. The van der Waals surface area contributed by atoms with Gasteiger partial charge in [-0.15, -0.1) is 0 Å². The minimum Gasteiger partial charge on any atom is -0.497 e. The highest BCUT2D eigenvalue weighted by molar-refractivity contribution is 9.10. The van der Waals surface area contributed by atoms with Crippen LogP contribution in [-0.2, 0) is 0 Å². The molecule has 0 radical (unpaired) electrons. The number of methoxy groups -OCH3 is 2. The third kappa shape index (κ3) is 5.27. The molecule has 0 saturated carbocycles. The van der Waals surface area contributed by atoms with Crippen LogP contribution in [0.25, 0.3) is 0 Å². The van der Waals surface area contributed by atoms with Gasteiger partial charge in [0.1, 0.15) is 11.5 Å². The fourth-order valence-electron chi connectivity index (χ4n) is 3.05. The van der Waals surface area contributed by atoms with Crippen LogP contribution in [0.5, 0.6) is 11.5 Å². The molecule has 0 spiro atoms. The van der Waals surface area contributed by atoms with Crippen molar-refractivity contribution < 1.29 is 14.6 Å². The number of halogens is 1. The molecule has 3 aromatic rings. The summed E-state index contributed by atoms with van der Waals surface area (Å²) in [5.74, 6) is 1.58. The summed E-state index contributed by atoms with van der Waals surface area (Å²) in [7, 11) is 3.28. The Morgan fingerprint density at radius 1 is 0.786 bits per heavy atom. The van der Waals surface area contributed by atoms with E-state index in [0.717, 1.165) is 32.8 Å². The molecule has 5 heteroatoms. The SMILES string of the molecule is COc1ccc(NC(CC(O)c2ccc(OC)cc2)c2ccc(Br)cc2)cc1. The standard InChI is InChI=1S/C23H24BrNO3/c1-27-20-11-5-17(6-12-20)23(26)15-22(16-3-7-18(24)8-4-16)25-19-9-13-21(28-2)14-10-19/h3-14,22-23,25-26H,15H2,1-2H3. The maximum absolute atomic E-state index is 10.8. The summed E-state index contributed by atoms with van der Waals surface area (Å²) >= 11 is 3.48. The molecule has 3 aromatic carbocycles. The van der Waals surface area contributed by atoms with Crippen molar-refractivity contribution in [1.29, 1.82) is 0 Å². The van der Waals surface area contributed by atoms with Gasteiger partial charge in [0.05, 0.1) is 26.4 Å². The minimum atomic E-state index is -0.606. The Balaban J connectivity index is 1.80. The number of hydrogen-bond donors (Lipinski definition) is 2. The van der Waals surface area contributed by atoms with E-state index in [1.54, 1.807) is 14.2 Å². The second-order valence-corrected chi connectivity index (χ2v) is 7.42. The van der Waals surface area contributed by atoms with Gasteiger partial charge in [-0.1, -0.05) is 40.2 Å². The topological polar surface area (TPSA) is 50.7 Å². The Kier molecular flexibility index (Phi) is 6.95. The van der Waals surface area contributed by atoms with Crippen LogP contribution in [-0.4, -0.2) is 19.3 Å². The van der Waals surface area contributed by atoms with Gasteiger partial charge in [-0.25, -0.2) is 0 Å². The first-order chi connectivity index (χ1) is 13.6. The molecule has 28 heavy (non-hydrogen) atoms. The van der Waals surface area contributed by atoms with Gasteiger partial charge in [0.25, 0.3) is 0 Å². The number of aliphatic hydroxyl groups is 1. The summed E-state index contributed by atoms with van der Waals surface area (Å²) in [6.07, 6.45) is -0.0784. The smallest absolute Gasteiger partial charge is 0.119 e. The Hall–Kier alpha value is -2.50. The van der Waals surface area contributed by atoms with Crippen molar-refractivity contribution in [3.05, 3.63) is 88.4 Å². The Bertz CT molecular complexity index is 864. The molecule has 0 aliphatic rings. The van der Waals surface area contributed by atoms with Gasteiger partial charge in [0.2, 0.25) is 0 Å². The summed E-state index contributed by atoms with van der Waals surface area (Å²) in [6.45, 7) is 0. The molecule has 3 rings (SSSR count). The van der Waals surface area contributed by atoms with E-state index < -0.39 is 6.10 Å². The van der Waals surface area contributed by atoms with Crippen LogP contribution in [0, 0.1) is 0 Å². The van der Waals surface area contributed by atoms with Crippen LogP contribution < -0.4 is 14.8 Å². The van der Waals surface area contributed by atoms with E-state index in [-0.39, 0.29) is 6.04 Å². The Labute approximate surface area is 174 Å². The van der Waals surface area contributed by atoms with Gasteiger partial charge in [0, 0.05) is 16.6 Å². The molecule has 0 aliphatic heterocycles. The number of nitrogens with one attached hydrogen (secondary N) is 1. The quantitative estimate of drug-likeness (QED) is 0.467. The minimum absolute atomic E-state index is 0.0569. The lowest BCUT2D eigenvalue weighted by Gasteiger charge is -2.24. The lowest BCUT2D eigenvalue weighted by molar-refractivity contribution is 0.160. The van der Waals surface area contributed by atoms with Crippen molar-refractivity contribution in [3.63, 3.8) is 0 Å². The van der Waals surface area contributed by atoms with Crippen LogP contribution in [0.2, 0.25) is 0 Å². The van der Waals surface area contributed by atoms with E-state index in [2.05, 4.69) is 33.4 Å². The number of benzene rings is 3. The molecule has 4 nitrogen and oxygen atoms in total. The largest absolute Gasteiger partial charge is 0.497 e. The first-order valence-electron chi connectivity index (χ1n) is 9.07. The van der Waals surface area contributed by atoms with Crippen LogP contribution in [0.4, 0.5) is 5.69 Å². The highest BCUT2D eigenvalue weighted by Crippen LogP contribution is 2.31. The zero-order valence-corrected chi connectivity index (χ0v) is 17.5. The molecular formula is C23H24BrNO3. The second kappa shape index (κ2) is 9.62. The average Bonchev–Trinajstić information content (AvgIpc) is 2.74. The van der Waals surface area contributed by atoms with Gasteiger partial charge >= 0.3 is 0 Å². The number of anilines is 1. The average molecular weight is 442 g/mol. The number of aliphatic hydroxyl groups excluding tert-OH is 1. The lowest BCUT2D eigenvalue weighted by Crippen LogP contribution is -2.15. The molecular weight excluding hydrogens is 418 g/mol. The number of hydrogen-bond acceptors (Lipinski definition) is 4. The van der Waals surface area contributed by atoms with Gasteiger partial charge in [0.15, 0.2) is 0 Å². The highest BCUT2D eigenvalue weighted by Gasteiger charge is 2.18. The summed E-state index contributed by atoms with van der Waals surface area (Å²) < 4.78 is 11.5. The molecule has 0 fully saturated rings. The third-order valence-electron chi connectivity index (χ3n) is 4.66. The normalized spacial score (nSPS) is 12.9. The molecule has 2 unspecified atom stereocenters. The van der Waals surface area contributed by atoms with E-state index in [0.29, 0.717) is 6.42 Å². The van der Waals surface area contributed by atoms with Crippen molar-refractivity contribution in [3.8, 4) is 11.5 Å². The summed E-state index contributed by atoms with van der Waals surface area (Å²) in [5, 5.41) is 14.4. The first kappa shape index (κ1) is 20.2. The predicted molar refractivity (Wildman–Crippen MR) is 116 cm³/mol. The van der Waals surface area contributed by atoms with E-state index in [1.807, 2.05) is 60.7 Å². The van der Waals surface area contributed by atoms with Crippen molar-refractivity contribution in [2.75, 3.05) is 19.5 Å². The zero-order chi connectivity index (χ0) is 19.9. The summed E-state index contributed by atoms with van der Waals surface area (Å²) in [6, 6.07) is 23.4. The van der Waals surface area contributed by atoms with Gasteiger partial charge in [-0.05, 0) is 59.7 Å². The highest BCUT2D eigenvalue weighted by atomic mass is 79.9. The molecule has 0 saturated heterocycles. The molecule has 0 bridgehead atoms. The molecule has 0 heterocycles. The van der Waals surface area contributed by atoms with E-state index in [9.17, 15) is 5.11 Å². The van der Waals surface area contributed by atoms with Gasteiger partial charge in [-0.2, -0.15) is 0 Å². The summed E-state index contributed by atoms with van der Waals surface area (Å²) in [5.41, 5.74) is 2.93. The van der Waals surface area contributed by atoms with Crippen LogP contribution in [0.15, 0.2) is 77.3 Å². The van der Waals surface area contributed by atoms with Crippen LogP contribution >= 0.6 is 15.9 Å². The molecule has 0 aromatic heterocycles. The molecule has 0 aliphatic carbocycles. The maximum atomic E-state index is 10.8. The van der Waals surface area contributed by atoms with Crippen LogP contribution in [0.3, 0.4) is 0 Å². The van der Waals surface area contributed by atoms with E-state index in [4.69, 9.17) is 9.47 Å². The monoisotopic (exact) mass is 441 g/mol. The number of ether oxygens (including phenoxy) is 2. The molecule has 146 valence electrons. The van der Waals surface area contributed by atoms with Gasteiger partial charge in [-0.3, -0.25) is 0 Å². The van der Waals surface area contributed by atoms with Crippen molar-refractivity contribution in [1.82, 2.24) is 0 Å². The van der Waals surface area contributed by atoms with Crippen molar-refractivity contribution in [2.24, 2.45) is 0 Å². The van der Waals surface area contributed by atoms with Crippen molar-refractivity contribution >= 4 is 21.6 Å².